The van der Waals surface area contributed by atoms with Gasteiger partial charge in [0.05, 0.1) is 24.2 Å². The van der Waals surface area contributed by atoms with Gasteiger partial charge in [0.2, 0.25) is 0 Å². The molecule has 2 N–H and O–H groups in total. The molecule has 0 atom stereocenters. The van der Waals surface area contributed by atoms with Gasteiger partial charge in [0.25, 0.3) is 0 Å². The second-order valence-electron chi connectivity index (χ2n) is 3.73. The van der Waals surface area contributed by atoms with Crippen molar-refractivity contribution in [3.05, 3.63) is 41.7 Å². The van der Waals surface area contributed by atoms with E-state index in [4.69, 9.17) is 10.5 Å². The maximum Gasteiger partial charge on any atom is 0.0967 e. The Hall–Kier alpha value is -1.72. The molecule has 0 spiro atoms. The van der Waals surface area contributed by atoms with E-state index in [0.717, 1.165) is 17.8 Å². The first-order valence-electron chi connectivity index (χ1n) is 5.53. The van der Waals surface area contributed by atoms with E-state index in [2.05, 4.69) is 16.4 Å². The zero-order chi connectivity index (χ0) is 12.1. The Balaban J connectivity index is 2.30. The lowest BCUT2D eigenvalue weighted by Gasteiger charge is -2.07. The number of para-hydroxylation sites is 1. The van der Waals surface area contributed by atoms with E-state index < -0.39 is 0 Å². The fraction of sp³-hybridized carbons (Fsp3) is 0.333. The van der Waals surface area contributed by atoms with E-state index in [1.807, 2.05) is 24.4 Å². The molecule has 0 bridgehead atoms. The SMILES string of the molecule is COCCc1ccccc1-n1cc(CN)nn1. The standard InChI is InChI=1S/C12H16N4O/c1-17-7-6-10-4-2-3-5-12(10)16-9-11(8-13)14-15-16/h2-5,9H,6-8,13H2,1H3. The highest BCUT2D eigenvalue weighted by atomic mass is 16.5. The first-order chi connectivity index (χ1) is 8.35. The molecule has 0 fully saturated rings. The van der Waals surface area contributed by atoms with Crippen molar-refractivity contribution in [2.45, 2.75) is 13.0 Å². The van der Waals surface area contributed by atoms with Gasteiger partial charge in [-0.3, -0.25) is 0 Å². The Labute approximate surface area is 100 Å². The number of methoxy groups -OCH3 is 1. The third-order valence-corrected chi connectivity index (χ3v) is 2.56. The molecule has 0 aliphatic rings. The summed E-state index contributed by atoms with van der Waals surface area (Å²) in [7, 11) is 1.70. The van der Waals surface area contributed by atoms with Crippen molar-refractivity contribution in [3.63, 3.8) is 0 Å². The van der Waals surface area contributed by atoms with E-state index in [9.17, 15) is 0 Å². The zero-order valence-corrected chi connectivity index (χ0v) is 9.84. The molecule has 0 radical (unpaired) electrons. The van der Waals surface area contributed by atoms with Gasteiger partial charge in [0.15, 0.2) is 0 Å². The molecule has 0 saturated carbocycles. The number of benzene rings is 1. The molecule has 1 aromatic heterocycles. The third-order valence-electron chi connectivity index (χ3n) is 2.56. The lowest BCUT2D eigenvalue weighted by molar-refractivity contribution is 0.202. The highest BCUT2D eigenvalue weighted by Crippen LogP contribution is 2.14. The smallest absolute Gasteiger partial charge is 0.0967 e. The molecule has 90 valence electrons. The largest absolute Gasteiger partial charge is 0.384 e. The summed E-state index contributed by atoms with van der Waals surface area (Å²) in [5.74, 6) is 0. The monoisotopic (exact) mass is 232 g/mol. The van der Waals surface area contributed by atoms with Crippen LogP contribution in [0.15, 0.2) is 30.5 Å². The summed E-state index contributed by atoms with van der Waals surface area (Å²) >= 11 is 0. The molecule has 0 amide bonds. The van der Waals surface area contributed by atoms with Gasteiger partial charge < -0.3 is 10.5 Å². The zero-order valence-electron chi connectivity index (χ0n) is 9.84. The minimum atomic E-state index is 0.403. The predicted octanol–water partition coefficient (Wildman–Crippen LogP) is 0.915. The van der Waals surface area contributed by atoms with Crippen LogP contribution in [0.25, 0.3) is 5.69 Å². The number of hydrogen-bond acceptors (Lipinski definition) is 4. The molecule has 0 saturated heterocycles. The molecule has 2 rings (SSSR count). The first-order valence-corrected chi connectivity index (χ1v) is 5.53. The van der Waals surface area contributed by atoms with Crippen LogP contribution in [0.4, 0.5) is 0 Å². The highest BCUT2D eigenvalue weighted by molar-refractivity contribution is 5.40. The molecule has 5 nitrogen and oxygen atoms in total. The summed E-state index contributed by atoms with van der Waals surface area (Å²) in [5, 5.41) is 8.06. The van der Waals surface area contributed by atoms with Crippen molar-refractivity contribution in [2.75, 3.05) is 13.7 Å². The molecule has 0 aliphatic heterocycles. The normalized spacial score (nSPS) is 10.7. The number of nitrogens with zero attached hydrogens (tertiary/aromatic N) is 3. The maximum atomic E-state index is 5.52. The molecule has 5 heteroatoms. The second kappa shape index (κ2) is 5.56. The number of aromatic nitrogens is 3. The summed E-state index contributed by atoms with van der Waals surface area (Å²) in [6.07, 6.45) is 2.70. The molecule has 0 aliphatic carbocycles. The minimum absolute atomic E-state index is 0.403. The minimum Gasteiger partial charge on any atom is -0.384 e. The maximum absolute atomic E-state index is 5.52. The molecule has 1 aromatic carbocycles. The Kier molecular flexibility index (Phi) is 3.85. The fourth-order valence-corrected chi connectivity index (χ4v) is 1.67. The molecule has 1 heterocycles. The average molecular weight is 232 g/mol. The van der Waals surface area contributed by atoms with Crippen LogP contribution in [-0.2, 0) is 17.7 Å². The van der Waals surface area contributed by atoms with Crippen LogP contribution >= 0.6 is 0 Å². The van der Waals surface area contributed by atoms with E-state index in [0.29, 0.717) is 13.2 Å². The van der Waals surface area contributed by atoms with Gasteiger partial charge in [-0.25, -0.2) is 4.68 Å². The van der Waals surface area contributed by atoms with Crippen molar-refractivity contribution in [1.29, 1.82) is 0 Å². The van der Waals surface area contributed by atoms with Crippen LogP contribution in [0.1, 0.15) is 11.3 Å². The second-order valence-corrected chi connectivity index (χ2v) is 3.73. The average Bonchev–Trinajstić information content (AvgIpc) is 2.85. The van der Waals surface area contributed by atoms with Crippen LogP contribution in [0.2, 0.25) is 0 Å². The van der Waals surface area contributed by atoms with Gasteiger partial charge in [-0.15, -0.1) is 5.10 Å². The van der Waals surface area contributed by atoms with Crippen molar-refractivity contribution in [1.82, 2.24) is 15.0 Å². The van der Waals surface area contributed by atoms with Gasteiger partial charge in [0, 0.05) is 13.7 Å². The topological polar surface area (TPSA) is 66.0 Å². The van der Waals surface area contributed by atoms with Gasteiger partial charge in [0.1, 0.15) is 0 Å². The summed E-state index contributed by atoms with van der Waals surface area (Å²) in [5.41, 5.74) is 8.52. The van der Waals surface area contributed by atoms with E-state index in [-0.39, 0.29) is 0 Å². The highest BCUT2D eigenvalue weighted by Gasteiger charge is 2.06. The number of hydrogen-bond donors (Lipinski definition) is 1. The van der Waals surface area contributed by atoms with Crippen molar-refractivity contribution >= 4 is 0 Å². The molecule has 2 aromatic rings. The van der Waals surface area contributed by atoms with Crippen LogP contribution in [0.3, 0.4) is 0 Å². The third kappa shape index (κ3) is 2.69. The first kappa shape index (κ1) is 11.8. The Bertz CT molecular complexity index is 481. The number of nitrogens with two attached hydrogens (primary N) is 1. The van der Waals surface area contributed by atoms with Crippen LogP contribution in [0, 0.1) is 0 Å². The number of rotatable bonds is 5. The van der Waals surface area contributed by atoms with Gasteiger partial charge in [-0.1, -0.05) is 23.4 Å². The van der Waals surface area contributed by atoms with E-state index in [1.54, 1.807) is 11.8 Å². The van der Waals surface area contributed by atoms with Gasteiger partial charge >= 0.3 is 0 Å². The summed E-state index contributed by atoms with van der Waals surface area (Å²) in [4.78, 5) is 0. The molecular weight excluding hydrogens is 216 g/mol. The lowest BCUT2D eigenvalue weighted by atomic mass is 10.1. The van der Waals surface area contributed by atoms with Gasteiger partial charge in [-0.05, 0) is 18.1 Å². The molecule has 0 unspecified atom stereocenters. The summed E-state index contributed by atoms with van der Waals surface area (Å²) in [6, 6.07) is 8.07. The lowest BCUT2D eigenvalue weighted by Crippen LogP contribution is -2.03. The van der Waals surface area contributed by atoms with Crippen molar-refractivity contribution in [3.8, 4) is 5.69 Å². The Morgan fingerprint density at radius 1 is 1.35 bits per heavy atom. The van der Waals surface area contributed by atoms with Crippen LogP contribution in [0.5, 0.6) is 0 Å². The number of ether oxygens (including phenoxy) is 1. The van der Waals surface area contributed by atoms with Crippen molar-refractivity contribution < 1.29 is 4.74 Å². The Morgan fingerprint density at radius 3 is 2.88 bits per heavy atom. The predicted molar refractivity (Wildman–Crippen MR) is 64.8 cm³/mol. The van der Waals surface area contributed by atoms with Crippen molar-refractivity contribution in [2.24, 2.45) is 5.73 Å². The quantitative estimate of drug-likeness (QED) is 0.832. The van der Waals surface area contributed by atoms with Crippen LogP contribution in [-0.4, -0.2) is 28.7 Å². The van der Waals surface area contributed by atoms with Gasteiger partial charge in [-0.2, -0.15) is 0 Å². The van der Waals surface area contributed by atoms with E-state index in [1.165, 1.54) is 5.56 Å². The summed E-state index contributed by atoms with van der Waals surface area (Å²) in [6.45, 7) is 1.09. The summed E-state index contributed by atoms with van der Waals surface area (Å²) < 4.78 is 6.85. The Morgan fingerprint density at radius 2 is 2.18 bits per heavy atom. The van der Waals surface area contributed by atoms with Crippen LogP contribution < -0.4 is 5.73 Å². The molecular formula is C12H16N4O. The molecule has 17 heavy (non-hydrogen) atoms. The van der Waals surface area contributed by atoms with E-state index >= 15 is 0 Å². The fourth-order valence-electron chi connectivity index (χ4n) is 1.67.